The lowest BCUT2D eigenvalue weighted by molar-refractivity contribution is -0.135. The lowest BCUT2D eigenvalue weighted by Gasteiger charge is -2.41. The average molecular weight is 519 g/mol. The van der Waals surface area contributed by atoms with E-state index in [1.165, 1.54) is 6.20 Å². The van der Waals surface area contributed by atoms with Crippen LogP contribution in [0.25, 0.3) is 11.1 Å². The molecule has 5 rings (SSSR count). The van der Waals surface area contributed by atoms with E-state index in [1.54, 1.807) is 26.0 Å². The molecule has 3 heterocycles. The molecule has 2 aromatic carbocycles. The molecule has 3 atom stereocenters. The highest BCUT2D eigenvalue weighted by atomic mass is 35.5. The minimum absolute atomic E-state index is 0.0489. The summed E-state index contributed by atoms with van der Waals surface area (Å²) < 4.78 is 6.31. The molecular weight excluding hydrogens is 488 g/mol. The standard InChI is InChI=1S/C29H31ClN4O3/c1-29(2,37-25-12-9-20(30)14-24(25)18-6-4-3-5-7-18)28(36)33-21-15-22-10-11-23(16-21)34(22)26-13-8-19(17-32-26)27(31)35/h3-9,12-14,17,21-23H,10-11,15-16H2,1-2H3,(H2,31,35)(H,33,36)/t21?,22-,23+. The first kappa shape index (κ1) is 25.1. The number of pyridine rings is 1. The maximum atomic E-state index is 13.4. The molecule has 7 nitrogen and oxygen atoms in total. The summed E-state index contributed by atoms with van der Waals surface area (Å²) in [5.41, 5.74) is 6.48. The number of nitrogens with zero attached hydrogens (tertiary/aromatic N) is 2. The minimum Gasteiger partial charge on any atom is -0.477 e. The van der Waals surface area contributed by atoms with Crippen LogP contribution in [0.4, 0.5) is 5.82 Å². The fraction of sp³-hybridized carbons (Fsp3) is 0.345. The van der Waals surface area contributed by atoms with Crippen LogP contribution in [-0.2, 0) is 4.79 Å². The molecule has 2 aliphatic heterocycles. The van der Waals surface area contributed by atoms with E-state index in [4.69, 9.17) is 22.1 Å². The summed E-state index contributed by atoms with van der Waals surface area (Å²) in [6.07, 6.45) is 5.27. The second kappa shape index (κ2) is 10.1. The zero-order valence-corrected chi connectivity index (χ0v) is 21.7. The molecule has 8 heteroatoms. The Balaban J connectivity index is 1.26. The van der Waals surface area contributed by atoms with Gasteiger partial charge in [0.15, 0.2) is 5.60 Å². The third-order valence-electron chi connectivity index (χ3n) is 7.30. The van der Waals surface area contributed by atoms with Gasteiger partial charge < -0.3 is 20.7 Å². The SMILES string of the molecule is CC(C)(Oc1ccc(Cl)cc1-c1ccccc1)C(=O)NC1C[C@H]2CC[C@@H](C1)N2c1ccc(C(N)=O)cn1. The Labute approximate surface area is 222 Å². The van der Waals surface area contributed by atoms with Gasteiger partial charge in [-0.3, -0.25) is 9.59 Å². The second-order valence-corrected chi connectivity index (χ2v) is 10.8. The molecule has 2 aliphatic rings. The van der Waals surface area contributed by atoms with E-state index in [1.807, 2.05) is 48.5 Å². The number of carbonyl (C=O) groups is 2. The van der Waals surface area contributed by atoms with Crippen molar-refractivity contribution in [3.05, 3.63) is 77.4 Å². The molecule has 0 radical (unpaired) electrons. The lowest BCUT2D eigenvalue weighted by atomic mass is 9.96. The molecule has 37 heavy (non-hydrogen) atoms. The Morgan fingerprint density at radius 3 is 2.38 bits per heavy atom. The van der Waals surface area contributed by atoms with Gasteiger partial charge in [0.25, 0.3) is 5.91 Å². The summed E-state index contributed by atoms with van der Waals surface area (Å²) >= 11 is 6.28. The summed E-state index contributed by atoms with van der Waals surface area (Å²) in [5.74, 6) is 0.823. The topological polar surface area (TPSA) is 97.5 Å². The Morgan fingerprint density at radius 1 is 1.05 bits per heavy atom. The van der Waals surface area contributed by atoms with Crippen molar-refractivity contribution >= 4 is 29.2 Å². The number of piperidine rings is 1. The number of amides is 2. The molecule has 0 aliphatic carbocycles. The number of hydrogen-bond acceptors (Lipinski definition) is 5. The smallest absolute Gasteiger partial charge is 0.263 e. The molecule has 3 N–H and O–H groups in total. The average Bonchev–Trinajstić information content (AvgIpc) is 3.15. The van der Waals surface area contributed by atoms with Crippen LogP contribution >= 0.6 is 11.6 Å². The van der Waals surface area contributed by atoms with E-state index in [0.29, 0.717) is 16.3 Å². The van der Waals surface area contributed by atoms with E-state index in [-0.39, 0.29) is 24.0 Å². The van der Waals surface area contributed by atoms with E-state index in [0.717, 1.165) is 42.6 Å². The quantitative estimate of drug-likeness (QED) is 0.460. The van der Waals surface area contributed by atoms with Crippen LogP contribution in [0.15, 0.2) is 66.9 Å². The number of carbonyl (C=O) groups excluding carboxylic acids is 2. The van der Waals surface area contributed by atoms with Crippen LogP contribution < -0.4 is 20.7 Å². The summed E-state index contributed by atoms with van der Waals surface area (Å²) in [5, 5.41) is 3.85. The van der Waals surface area contributed by atoms with Crippen molar-refractivity contribution in [3.63, 3.8) is 0 Å². The zero-order valence-electron chi connectivity index (χ0n) is 21.0. The van der Waals surface area contributed by atoms with Gasteiger partial charge in [0.05, 0.1) is 5.56 Å². The number of anilines is 1. The summed E-state index contributed by atoms with van der Waals surface area (Å²) in [6.45, 7) is 3.58. The lowest BCUT2D eigenvalue weighted by Crippen LogP contribution is -2.55. The van der Waals surface area contributed by atoms with Gasteiger partial charge in [0.2, 0.25) is 5.91 Å². The van der Waals surface area contributed by atoms with Gasteiger partial charge in [0, 0.05) is 34.9 Å². The molecule has 2 fully saturated rings. The second-order valence-electron chi connectivity index (χ2n) is 10.3. The number of rotatable bonds is 7. The van der Waals surface area contributed by atoms with E-state index < -0.39 is 11.5 Å². The molecule has 2 saturated heterocycles. The fourth-order valence-electron chi connectivity index (χ4n) is 5.47. The van der Waals surface area contributed by atoms with Crippen molar-refractivity contribution in [1.29, 1.82) is 0 Å². The van der Waals surface area contributed by atoms with Gasteiger partial charge in [-0.15, -0.1) is 0 Å². The van der Waals surface area contributed by atoms with Crippen LogP contribution in [0.2, 0.25) is 5.02 Å². The van der Waals surface area contributed by atoms with Crippen LogP contribution in [0, 0.1) is 0 Å². The van der Waals surface area contributed by atoms with Crippen molar-refractivity contribution in [2.24, 2.45) is 5.73 Å². The number of halogens is 1. The Bertz CT molecular complexity index is 1280. The maximum absolute atomic E-state index is 13.4. The summed E-state index contributed by atoms with van der Waals surface area (Å²) in [7, 11) is 0. The minimum atomic E-state index is -1.08. The molecule has 2 amide bonds. The van der Waals surface area contributed by atoms with Crippen LogP contribution in [0.3, 0.4) is 0 Å². The Morgan fingerprint density at radius 2 is 1.76 bits per heavy atom. The number of primary amides is 1. The van der Waals surface area contributed by atoms with Crippen LogP contribution in [-0.4, -0.2) is 40.5 Å². The van der Waals surface area contributed by atoms with Gasteiger partial charge in [-0.2, -0.15) is 0 Å². The first-order valence-corrected chi connectivity index (χ1v) is 13.0. The van der Waals surface area contributed by atoms with E-state index in [9.17, 15) is 9.59 Å². The predicted molar refractivity (Wildman–Crippen MR) is 145 cm³/mol. The molecule has 2 bridgehead atoms. The van der Waals surface area contributed by atoms with Crippen LogP contribution in [0.5, 0.6) is 5.75 Å². The number of nitrogens with two attached hydrogens (primary N) is 1. The van der Waals surface area contributed by atoms with Gasteiger partial charge >= 0.3 is 0 Å². The highest BCUT2D eigenvalue weighted by molar-refractivity contribution is 6.31. The number of ether oxygens (including phenoxy) is 1. The van der Waals surface area contributed by atoms with Crippen molar-refractivity contribution in [2.75, 3.05) is 4.90 Å². The molecular formula is C29H31ClN4O3. The zero-order chi connectivity index (χ0) is 26.2. The fourth-order valence-corrected chi connectivity index (χ4v) is 5.64. The number of aromatic nitrogens is 1. The van der Waals surface area contributed by atoms with Crippen molar-refractivity contribution < 1.29 is 14.3 Å². The number of nitrogens with one attached hydrogen (secondary N) is 1. The van der Waals surface area contributed by atoms with E-state index in [2.05, 4.69) is 15.2 Å². The monoisotopic (exact) mass is 518 g/mol. The Hall–Kier alpha value is -3.58. The molecule has 0 spiro atoms. The summed E-state index contributed by atoms with van der Waals surface area (Å²) in [6, 6.07) is 19.5. The third kappa shape index (κ3) is 5.27. The largest absolute Gasteiger partial charge is 0.477 e. The molecule has 0 saturated carbocycles. The maximum Gasteiger partial charge on any atom is 0.263 e. The van der Waals surface area contributed by atoms with Crippen molar-refractivity contribution in [1.82, 2.24) is 10.3 Å². The van der Waals surface area contributed by atoms with Gasteiger partial charge in [-0.25, -0.2) is 4.98 Å². The first-order chi connectivity index (χ1) is 17.7. The Kier molecular flexibility index (Phi) is 6.82. The molecule has 1 aromatic heterocycles. The third-order valence-corrected chi connectivity index (χ3v) is 7.54. The first-order valence-electron chi connectivity index (χ1n) is 12.6. The van der Waals surface area contributed by atoms with Crippen molar-refractivity contribution in [2.45, 2.75) is 63.3 Å². The van der Waals surface area contributed by atoms with Gasteiger partial charge in [-0.05, 0) is 75.4 Å². The van der Waals surface area contributed by atoms with Gasteiger partial charge in [0.1, 0.15) is 11.6 Å². The highest BCUT2D eigenvalue weighted by Crippen LogP contribution is 2.39. The van der Waals surface area contributed by atoms with Gasteiger partial charge in [-0.1, -0.05) is 41.9 Å². The number of hydrogen-bond donors (Lipinski definition) is 2. The molecule has 192 valence electrons. The molecule has 3 aromatic rings. The van der Waals surface area contributed by atoms with Crippen molar-refractivity contribution in [3.8, 4) is 16.9 Å². The number of fused-ring (bicyclic) bond motifs is 2. The predicted octanol–water partition coefficient (Wildman–Crippen LogP) is 4.97. The van der Waals surface area contributed by atoms with E-state index >= 15 is 0 Å². The van der Waals surface area contributed by atoms with Crippen LogP contribution in [0.1, 0.15) is 49.9 Å². The summed E-state index contributed by atoms with van der Waals surface area (Å²) in [4.78, 5) is 31.6. The number of benzene rings is 2. The molecule has 1 unspecified atom stereocenters. The normalized spacial score (nSPS) is 20.9. The highest BCUT2D eigenvalue weighted by Gasteiger charge is 2.43.